The van der Waals surface area contributed by atoms with Gasteiger partial charge in [-0.3, -0.25) is 4.79 Å². The van der Waals surface area contributed by atoms with E-state index in [1.807, 2.05) is 18.7 Å². The molecule has 2 aliphatic rings. The quantitative estimate of drug-likeness (QED) is 0.897. The summed E-state index contributed by atoms with van der Waals surface area (Å²) in [4.78, 5) is 14.7. The summed E-state index contributed by atoms with van der Waals surface area (Å²) in [5.74, 6) is 1.31. The highest BCUT2D eigenvalue weighted by Gasteiger charge is 2.32. The molecule has 0 saturated carbocycles. The average molecular weight is 277 g/mol. The standard InChI is InChI=1S/C15H23N3O2/c1-10-14(11(2)20-17-10)15(19)18-8-4-5-12(9-18)13-6-3-7-16-13/h12-13,16H,3-9H2,1-2H3. The van der Waals surface area contributed by atoms with Crippen LogP contribution in [0.2, 0.25) is 0 Å². The second kappa shape index (κ2) is 5.56. The number of hydrogen-bond donors (Lipinski definition) is 1. The highest BCUT2D eigenvalue weighted by Crippen LogP contribution is 2.26. The van der Waals surface area contributed by atoms with Crippen LogP contribution in [-0.4, -0.2) is 41.6 Å². The van der Waals surface area contributed by atoms with Crippen LogP contribution in [0.5, 0.6) is 0 Å². The number of likely N-dealkylation sites (tertiary alicyclic amines) is 1. The average Bonchev–Trinajstić information content (AvgIpc) is 3.09. The Balaban J connectivity index is 1.71. The third kappa shape index (κ3) is 2.46. The largest absolute Gasteiger partial charge is 0.361 e. The molecule has 5 nitrogen and oxygen atoms in total. The lowest BCUT2D eigenvalue weighted by Crippen LogP contribution is -2.46. The molecule has 5 heteroatoms. The summed E-state index contributed by atoms with van der Waals surface area (Å²) < 4.78 is 5.12. The van der Waals surface area contributed by atoms with Gasteiger partial charge >= 0.3 is 0 Å². The summed E-state index contributed by atoms with van der Waals surface area (Å²) >= 11 is 0. The maximum atomic E-state index is 12.7. The SMILES string of the molecule is Cc1noc(C)c1C(=O)N1CCCC(C2CCCN2)C1. The monoisotopic (exact) mass is 277 g/mol. The van der Waals surface area contributed by atoms with Gasteiger partial charge in [-0.2, -0.15) is 0 Å². The molecule has 0 spiro atoms. The molecular weight excluding hydrogens is 254 g/mol. The number of piperidine rings is 1. The van der Waals surface area contributed by atoms with Gasteiger partial charge in [0.05, 0.1) is 5.69 Å². The fourth-order valence-electron chi connectivity index (χ4n) is 3.58. The normalized spacial score (nSPS) is 27.0. The first-order valence-corrected chi connectivity index (χ1v) is 7.62. The zero-order valence-electron chi connectivity index (χ0n) is 12.3. The van der Waals surface area contributed by atoms with Crippen molar-refractivity contribution in [1.82, 2.24) is 15.4 Å². The van der Waals surface area contributed by atoms with Gasteiger partial charge in [-0.1, -0.05) is 5.16 Å². The molecule has 0 bridgehead atoms. The van der Waals surface area contributed by atoms with E-state index in [1.54, 1.807) is 0 Å². The molecule has 1 aromatic heterocycles. The van der Waals surface area contributed by atoms with Crippen molar-refractivity contribution in [2.45, 2.75) is 45.6 Å². The number of carbonyl (C=O) groups is 1. The Hall–Kier alpha value is -1.36. The summed E-state index contributed by atoms with van der Waals surface area (Å²) in [5, 5.41) is 7.47. The Kier molecular flexibility index (Phi) is 3.78. The van der Waals surface area contributed by atoms with Gasteiger partial charge in [-0.25, -0.2) is 0 Å². The van der Waals surface area contributed by atoms with E-state index in [-0.39, 0.29) is 5.91 Å². The van der Waals surface area contributed by atoms with Gasteiger partial charge in [0.1, 0.15) is 11.3 Å². The summed E-state index contributed by atoms with van der Waals surface area (Å²) in [6, 6.07) is 0.593. The summed E-state index contributed by atoms with van der Waals surface area (Å²) in [6.45, 7) is 6.49. The fraction of sp³-hybridized carbons (Fsp3) is 0.733. The van der Waals surface area contributed by atoms with Crippen LogP contribution < -0.4 is 5.32 Å². The van der Waals surface area contributed by atoms with E-state index in [4.69, 9.17) is 4.52 Å². The van der Waals surface area contributed by atoms with Crippen molar-refractivity contribution in [2.75, 3.05) is 19.6 Å². The first-order valence-electron chi connectivity index (χ1n) is 7.62. The molecule has 0 aromatic carbocycles. The van der Waals surface area contributed by atoms with E-state index < -0.39 is 0 Å². The van der Waals surface area contributed by atoms with Crippen LogP contribution >= 0.6 is 0 Å². The number of aryl methyl sites for hydroxylation is 2. The zero-order valence-corrected chi connectivity index (χ0v) is 12.3. The van der Waals surface area contributed by atoms with Crippen LogP contribution in [0.25, 0.3) is 0 Å². The first kappa shape index (κ1) is 13.6. The Bertz CT molecular complexity index is 472. The molecule has 1 aromatic rings. The molecule has 20 heavy (non-hydrogen) atoms. The maximum absolute atomic E-state index is 12.7. The van der Waals surface area contributed by atoms with E-state index in [9.17, 15) is 4.79 Å². The molecule has 2 fully saturated rings. The smallest absolute Gasteiger partial charge is 0.259 e. The van der Waals surface area contributed by atoms with Crippen molar-refractivity contribution in [2.24, 2.45) is 5.92 Å². The Labute approximate surface area is 119 Å². The molecule has 1 amide bonds. The van der Waals surface area contributed by atoms with Crippen molar-refractivity contribution < 1.29 is 9.32 Å². The van der Waals surface area contributed by atoms with Crippen LogP contribution in [0.15, 0.2) is 4.52 Å². The molecule has 2 saturated heterocycles. The summed E-state index contributed by atoms with van der Waals surface area (Å²) in [6.07, 6.45) is 4.83. The molecule has 2 aliphatic heterocycles. The van der Waals surface area contributed by atoms with Crippen LogP contribution in [0, 0.1) is 19.8 Å². The van der Waals surface area contributed by atoms with Crippen LogP contribution in [0.3, 0.4) is 0 Å². The van der Waals surface area contributed by atoms with Crippen LogP contribution in [0.1, 0.15) is 47.5 Å². The molecule has 110 valence electrons. The molecule has 2 unspecified atom stereocenters. The number of hydrogen-bond acceptors (Lipinski definition) is 4. The molecular formula is C15H23N3O2. The minimum Gasteiger partial charge on any atom is -0.361 e. The fourth-order valence-corrected chi connectivity index (χ4v) is 3.58. The number of nitrogens with zero attached hydrogens (tertiary/aromatic N) is 2. The van der Waals surface area contributed by atoms with Crippen LogP contribution in [-0.2, 0) is 0 Å². The third-order valence-electron chi connectivity index (χ3n) is 4.66. The maximum Gasteiger partial charge on any atom is 0.259 e. The van der Waals surface area contributed by atoms with E-state index in [0.29, 0.717) is 29.0 Å². The summed E-state index contributed by atoms with van der Waals surface area (Å²) in [5.41, 5.74) is 1.36. The van der Waals surface area contributed by atoms with Gasteiger partial charge in [0, 0.05) is 19.1 Å². The van der Waals surface area contributed by atoms with Gasteiger partial charge in [-0.05, 0) is 52.0 Å². The molecule has 0 radical (unpaired) electrons. The third-order valence-corrected chi connectivity index (χ3v) is 4.66. The molecule has 1 N–H and O–H groups in total. The topological polar surface area (TPSA) is 58.4 Å². The Morgan fingerprint density at radius 2 is 2.20 bits per heavy atom. The van der Waals surface area contributed by atoms with Gasteiger partial charge in [0.2, 0.25) is 0 Å². The van der Waals surface area contributed by atoms with E-state index >= 15 is 0 Å². The minimum atomic E-state index is 0.0870. The predicted molar refractivity (Wildman–Crippen MR) is 75.6 cm³/mol. The first-order chi connectivity index (χ1) is 9.66. The second-order valence-electron chi connectivity index (χ2n) is 6.06. The number of aromatic nitrogens is 1. The molecule has 0 aliphatic carbocycles. The van der Waals surface area contributed by atoms with E-state index in [0.717, 1.165) is 26.1 Å². The zero-order chi connectivity index (χ0) is 14.1. The molecule has 3 heterocycles. The highest BCUT2D eigenvalue weighted by atomic mass is 16.5. The Morgan fingerprint density at radius 1 is 1.35 bits per heavy atom. The van der Waals surface area contributed by atoms with Crippen molar-refractivity contribution in [3.05, 3.63) is 17.0 Å². The molecule has 3 rings (SSSR count). The lowest BCUT2D eigenvalue weighted by atomic mass is 9.89. The van der Waals surface area contributed by atoms with Crippen molar-refractivity contribution in [1.29, 1.82) is 0 Å². The van der Waals surface area contributed by atoms with Crippen molar-refractivity contribution in [3.8, 4) is 0 Å². The van der Waals surface area contributed by atoms with Crippen molar-refractivity contribution in [3.63, 3.8) is 0 Å². The number of amides is 1. The van der Waals surface area contributed by atoms with E-state index in [1.165, 1.54) is 19.3 Å². The van der Waals surface area contributed by atoms with Crippen molar-refractivity contribution >= 4 is 5.91 Å². The summed E-state index contributed by atoms with van der Waals surface area (Å²) in [7, 11) is 0. The lowest BCUT2D eigenvalue weighted by Gasteiger charge is -2.35. The minimum absolute atomic E-state index is 0.0870. The number of nitrogens with one attached hydrogen (secondary N) is 1. The van der Waals surface area contributed by atoms with Crippen LogP contribution in [0.4, 0.5) is 0 Å². The Morgan fingerprint density at radius 3 is 2.85 bits per heavy atom. The van der Waals surface area contributed by atoms with Gasteiger partial charge < -0.3 is 14.7 Å². The predicted octanol–water partition coefficient (Wildman–Crippen LogP) is 1.90. The lowest BCUT2D eigenvalue weighted by molar-refractivity contribution is 0.0648. The number of carbonyl (C=O) groups excluding carboxylic acids is 1. The van der Waals surface area contributed by atoms with E-state index in [2.05, 4.69) is 10.5 Å². The molecule has 2 atom stereocenters. The highest BCUT2D eigenvalue weighted by molar-refractivity contribution is 5.96. The van der Waals surface area contributed by atoms with Gasteiger partial charge in [0.25, 0.3) is 5.91 Å². The van der Waals surface area contributed by atoms with Gasteiger partial charge in [-0.15, -0.1) is 0 Å². The van der Waals surface area contributed by atoms with Gasteiger partial charge in [0.15, 0.2) is 0 Å². The number of rotatable bonds is 2. The second-order valence-corrected chi connectivity index (χ2v) is 6.06.